The highest BCUT2D eigenvalue weighted by molar-refractivity contribution is 6.03. The van der Waals surface area contributed by atoms with E-state index in [2.05, 4.69) is 31.3 Å². The van der Waals surface area contributed by atoms with Crippen LogP contribution in [0.4, 0.5) is 5.69 Å². The average Bonchev–Trinajstić information content (AvgIpc) is 2.61. The fourth-order valence-corrected chi connectivity index (χ4v) is 2.69. The van der Waals surface area contributed by atoms with Crippen LogP contribution in [0, 0.1) is 5.92 Å². The summed E-state index contributed by atoms with van der Waals surface area (Å²) in [5.74, 6) is -0.352. The smallest absolute Gasteiger partial charge is 0.339 e. The number of methoxy groups -OCH3 is 1. The van der Waals surface area contributed by atoms with Crippen molar-refractivity contribution >= 4 is 17.6 Å². The molecule has 1 N–H and O–H groups in total. The standard InChI is InChI=1S/C21H25NO3/c1-14(2)13-16-9-11-17(12-10-16)15(3)20(23)22-19-8-6-5-7-18(19)21(24)25-4/h5-12,14-15H,13H2,1-4H3,(H,22,23)/t15-/m0/s1. The summed E-state index contributed by atoms with van der Waals surface area (Å²) < 4.78 is 4.76. The van der Waals surface area contributed by atoms with Crippen LogP contribution in [0.15, 0.2) is 48.5 Å². The number of esters is 1. The minimum Gasteiger partial charge on any atom is -0.465 e. The van der Waals surface area contributed by atoms with Gasteiger partial charge in [0.05, 0.1) is 24.3 Å². The minimum atomic E-state index is -0.471. The summed E-state index contributed by atoms with van der Waals surface area (Å²) in [5.41, 5.74) is 3.02. The Kier molecular flexibility index (Phi) is 6.34. The van der Waals surface area contributed by atoms with E-state index >= 15 is 0 Å². The summed E-state index contributed by atoms with van der Waals surface area (Å²) in [4.78, 5) is 24.4. The van der Waals surface area contributed by atoms with Crippen LogP contribution in [-0.2, 0) is 16.0 Å². The Morgan fingerprint density at radius 3 is 2.24 bits per heavy atom. The lowest BCUT2D eigenvalue weighted by Crippen LogP contribution is -2.20. The van der Waals surface area contributed by atoms with E-state index in [1.165, 1.54) is 12.7 Å². The van der Waals surface area contributed by atoms with E-state index in [4.69, 9.17) is 4.74 Å². The maximum Gasteiger partial charge on any atom is 0.339 e. The molecule has 2 aromatic carbocycles. The van der Waals surface area contributed by atoms with Gasteiger partial charge < -0.3 is 10.1 Å². The summed E-state index contributed by atoms with van der Waals surface area (Å²) in [6.45, 7) is 6.22. The molecule has 0 fully saturated rings. The second-order valence-electron chi connectivity index (χ2n) is 6.59. The molecular formula is C21H25NO3. The Labute approximate surface area is 149 Å². The summed E-state index contributed by atoms with van der Waals surface area (Å²) in [6.07, 6.45) is 1.02. The quantitative estimate of drug-likeness (QED) is 0.793. The van der Waals surface area contributed by atoms with Gasteiger partial charge in [0, 0.05) is 0 Å². The van der Waals surface area contributed by atoms with Gasteiger partial charge in [-0.05, 0) is 42.5 Å². The molecule has 1 atom stereocenters. The van der Waals surface area contributed by atoms with Gasteiger partial charge >= 0.3 is 5.97 Å². The highest BCUT2D eigenvalue weighted by Gasteiger charge is 2.18. The zero-order chi connectivity index (χ0) is 18.4. The molecule has 0 radical (unpaired) electrons. The van der Waals surface area contributed by atoms with Gasteiger partial charge in [-0.25, -0.2) is 4.79 Å². The van der Waals surface area contributed by atoms with Gasteiger partial charge in [-0.15, -0.1) is 0 Å². The molecule has 0 spiro atoms. The molecule has 4 nitrogen and oxygen atoms in total. The molecule has 2 aromatic rings. The molecule has 2 rings (SSSR count). The molecule has 0 unspecified atom stereocenters. The largest absolute Gasteiger partial charge is 0.465 e. The molecule has 0 bridgehead atoms. The molecule has 0 saturated carbocycles. The summed E-state index contributed by atoms with van der Waals surface area (Å²) in [5, 5.41) is 2.83. The van der Waals surface area contributed by atoms with Gasteiger partial charge in [-0.2, -0.15) is 0 Å². The number of carbonyl (C=O) groups is 2. The van der Waals surface area contributed by atoms with Crippen LogP contribution in [0.5, 0.6) is 0 Å². The van der Waals surface area contributed by atoms with Crippen molar-refractivity contribution in [1.82, 2.24) is 0 Å². The zero-order valence-corrected chi connectivity index (χ0v) is 15.2. The zero-order valence-electron chi connectivity index (χ0n) is 15.2. The minimum absolute atomic E-state index is 0.159. The highest BCUT2D eigenvalue weighted by Crippen LogP contribution is 2.22. The third kappa shape index (κ3) is 4.92. The molecule has 0 saturated heterocycles. The van der Waals surface area contributed by atoms with Crippen LogP contribution in [-0.4, -0.2) is 19.0 Å². The molecule has 132 valence electrons. The first kappa shape index (κ1) is 18.7. The normalized spacial score (nSPS) is 11.9. The van der Waals surface area contributed by atoms with E-state index in [-0.39, 0.29) is 11.8 Å². The van der Waals surface area contributed by atoms with Crippen molar-refractivity contribution in [3.05, 3.63) is 65.2 Å². The van der Waals surface area contributed by atoms with Gasteiger partial charge in [0.1, 0.15) is 0 Å². The molecule has 1 amide bonds. The Hall–Kier alpha value is -2.62. The Morgan fingerprint density at radius 1 is 1.00 bits per heavy atom. The number of hydrogen-bond acceptors (Lipinski definition) is 3. The van der Waals surface area contributed by atoms with E-state index in [0.717, 1.165) is 12.0 Å². The maximum absolute atomic E-state index is 12.6. The Balaban J connectivity index is 2.12. The van der Waals surface area contributed by atoms with Crippen LogP contribution < -0.4 is 5.32 Å². The number of ether oxygens (including phenoxy) is 1. The summed E-state index contributed by atoms with van der Waals surface area (Å²) >= 11 is 0. The fourth-order valence-electron chi connectivity index (χ4n) is 2.69. The number of amides is 1. The van der Waals surface area contributed by atoms with Gasteiger partial charge in [0.2, 0.25) is 5.91 Å². The van der Waals surface area contributed by atoms with Crippen molar-refractivity contribution in [3.8, 4) is 0 Å². The molecule has 0 aliphatic rings. The van der Waals surface area contributed by atoms with Crippen LogP contribution in [0.2, 0.25) is 0 Å². The number of rotatable bonds is 6. The highest BCUT2D eigenvalue weighted by atomic mass is 16.5. The molecule has 0 aliphatic heterocycles. The number of anilines is 1. The summed E-state index contributed by atoms with van der Waals surface area (Å²) in [6, 6.07) is 15.0. The SMILES string of the molecule is COC(=O)c1ccccc1NC(=O)[C@@H](C)c1ccc(CC(C)C)cc1. The molecule has 4 heteroatoms. The molecule has 0 heterocycles. The maximum atomic E-state index is 12.6. The van der Waals surface area contributed by atoms with Crippen LogP contribution in [0.1, 0.15) is 48.2 Å². The second kappa shape index (κ2) is 8.47. The van der Waals surface area contributed by atoms with Crippen LogP contribution >= 0.6 is 0 Å². The number of benzene rings is 2. The topological polar surface area (TPSA) is 55.4 Å². The number of para-hydroxylation sites is 1. The van der Waals surface area contributed by atoms with Crippen LogP contribution in [0.3, 0.4) is 0 Å². The average molecular weight is 339 g/mol. The van der Waals surface area contributed by atoms with E-state index in [1.807, 2.05) is 19.1 Å². The van der Waals surface area contributed by atoms with E-state index < -0.39 is 5.97 Å². The summed E-state index contributed by atoms with van der Waals surface area (Å²) in [7, 11) is 1.32. The van der Waals surface area contributed by atoms with Crippen molar-refractivity contribution in [1.29, 1.82) is 0 Å². The lowest BCUT2D eigenvalue weighted by Gasteiger charge is -2.15. The fraction of sp³-hybridized carbons (Fsp3) is 0.333. The van der Waals surface area contributed by atoms with Gasteiger partial charge in [-0.1, -0.05) is 50.2 Å². The first-order chi connectivity index (χ1) is 11.9. The van der Waals surface area contributed by atoms with E-state index in [0.29, 0.717) is 17.2 Å². The third-order valence-corrected chi connectivity index (χ3v) is 4.11. The first-order valence-corrected chi connectivity index (χ1v) is 8.49. The number of carbonyl (C=O) groups excluding carboxylic acids is 2. The molecular weight excluding hydrogens is 314 g/mol. The third-order valence-electron chi connectivity index (χ3n) is 4.11. The lowest BCUT2D eigenvalue weighted by atomic mass is 9.96. The van der Waals surface area contributed by atoms with Crippen LogP contribution in [0.25, 0.3) is 0 Å². The van der Waals surface area contributed by atoms with E-state index in [1.54, 1.807) is 24.3 Å². The van der Waals surface area contributed by atoms with Crippen molar-refractivity contribution in [2.45, 2.75) is 33.1 Å². The van der Waals surface area contributed by atoms with Crippen molar-refractivity contribution in [2.24, 2.45) is 5.92 Å². The monoisotopic (exact) mass is 339 g/mol. The first-order valence-electron chi connectivity index (χ1n) is 8.49. The Morgan fingerprint density at radius 2 is 1.64 bits per heavy atom. The molecule has 0 aromatic heterocycles. The number of hydrogen-bond donors (Lipinski definition) is 1. The van der Waals surface area contributed by atoms with E-state index in [9.17, 15) is 9.59 Å². The van der Waals surface area contributed by atoms with Gasteiger partial charge in [0.15, 0.2) is 0 Å². The van der Waals surface area contributed by atoms with Crippen molar-refractivity contribution in [2.75, 3.05) is 12.4 Å². The molecule has 0 aliphatic carbocycles. The lowest BCUT2D eigenvalue weighted by molar-refractivity contribution is -0.117. The van der Waals surface area contributed by atoms with Gasteiger partial charge in [0.25, 0.3) is 0 Å². The van der Waals surface area contributed by atoms with Crippen molar-refractivity contribution in [3.63, 3.8) is 0 Å². The predicted molar refractivity (Wildman–Crippen MR) is 99.8 cm³/mol. The van der Waals surface area contributed by atoms with Gasteiger partial charge in [-0.3, -0.25) is 4.79 Å². The number of nitrogens with one attached hydrogen (secondary N) is 1. The van der Waals surface area contributed by atoms with Crippen molar-refractivity contribution < 1.29 is 14.3 Å². The Bertz CT molecular complexity index is 735. The molecule has 25 heavy (non-hydrogen) atoms. The second-order valence-corrected chi connectivity index (χ2v) is 6.59. The predicted octanol–water partition coefficient (Wildman–Crippen LogP) is 4.41.